The third kappa shape index (κ3) is 4.01. The molecule has 3 rings (SSSR count). The molecule has 1 aromatic heterocycles. The molecule has 2 aliphatic rings. The second kappa shape index (κ2) is 8.81. The number of carbonyl (C=O) groups excluding carboxylic acids is 5. The predicted octanol–water partition coefficient (Wildman–Crippen LogP) is 1.71. The van der Waals surface area contributed by atoms with Gasteiger partial charge in [-0.15, -0.1) is 0 Å². The van der Waals surface area contributed by atoms with Crippen LogP contribution < -0.4 is 0 Å². The molecular weight excluding hydrogens is 392 g/mol. The van der Waals surface area contributed by atoms with Gasteiger partial charge < -0.3 is 14.5 Å². The SMILES string of the molecule is CCOC(=O)c1c(C)[nH]c(C)c1C(=O)COC(=O)CN1C(=O)C2CCCCC2C1=O. The molecule has 0 spiro atoms. The van der Waals surface area contributed by atoms with E-state index in [2.05, 4.69) is 4.98 Å². The molecule has 1 saturated heterocycles. The highest BCUT2D eigenvalue weighted by molar-refractivity contribution is 6.09. The lowest BCUT2D eigenvalue weighted by atomic mass is 9.81. The molecule has 2 atom stereocenters. The van der Waals surface area contributed by atoms with Crippen molar-refractivity contribution in [3.63, 3.8) is 0 Å². The smallest absolute Gasteiger partial charge is 0.340 e. The number of imide groups is 1. The van der Waals surface area contributed by atoms with Crippen LogP contribution in [-0.2, 0) is 23.9 Å². The zero-order chi connectivity index (χ0) is 22.0. The Morgan fingerprint density at radius 2 is 1.53 bits per heavy atom. The number of aromatic nitrogens is 1. The molecule has 30 heavy (non-hydrogen) atoms. The lowest BCUT2D eigenvalue weighted by Gasteiger charge is -2.19. The molecule has 1 N–H and O–H groups in total. The Balaban J connectivity index is 1.63. The van der Waals surface area contributed by atoms with Crippen LogP contribution in [0, 0.1) is 25.7 Å². The molecule has 0 bridgehead atoms. The molecule has 2 heterocycles. The first kappa shape index (κ1) is 21.7. The van der Waals surface area contributed by atoms with Crippen LogP contribution in [0.3, 0.4) is 0 Å². The lowest BCUT2D eigenvalue weighted by molar-refractivity contribution is -0.152. The van der Waals surface area contributed by atoms with Crippen LogP contribution in [0.1, 0.15) is 64.7 Å². The minimum absolute atomic E-state index is 0.109. The summed E-state index contributed by atoms with van der Waals surface area (Å²) in [5.41, 5.74) is 1.17. The maximum absolute atomic E-state index is 12.6. The van der Waals surface area contributed by atoms with Crippen LogP contribution >= 0.6 is 0 Å². The van der Waals surface area contributed by atoms with Crippen molar-refractivity contribution in [2.75, 3.05) is 19.8 Å². The van der Waals surface area contributed by atoms with Crippen LogP contribution in [0.2, 0.25) is 0 Å². The first-order chi connectivity index (χ1) is 14.3. The highest BCUT2D eigenvalue weighted by Gasteiger charge is 2.48. The van der Waals surface area contributed by atoms with E-state index in [-0.39, 0.29) is 41.4 Å². The van der Waals surface area contributed by atoms with Crippen molar-refractivity contribution in [3.05, 3.63) is 22.5 Å². The van der Waals surface area contributed by atoms with Crippen LogP contribution in [0.4, 0.5) is 0 Å². The van der Waals surface area contributed by atoms with Crippen LogP contribution in [0.5, 0.6) is 0 Å². The molecule has 0 radical (unpaired) electrons. The van der Waals surface area contributed by atoms with E-state index < -0.39 is 30.9 Å². The van der Waals surface area contributed by atoms with Gasteiger partial charge in [0.05, 0.1) is 29.6 Å². The Bertz CT molecular complexity index is 877. The van der Waals surface area contributed by atoms with Crippen LogP contribution in [0.15, 0.2) is 0 Å². The third-order valence-electron chi connectivity index (χ3n) is 5.72. The van der Waals surface area contributed by atoms with Gasteiger partial charge in [0, 0.05) is 11.4 Å². The summed E-state index contributed by atoms with van der Waals surface area (Å²) in [5, 5.41) is 0. The fourth-order valence-electron chi connectivity index (χ4n) is 4.37. The minimum Gasteiger partial charge on any atom is -0.462 e. The summed E-state index contributed by atoms with van der Waals surface area (Å²) in [6.45, 7) is 3.98. The quantitative estimate of drug-likeness (QED) is 0.406. The average molecular weight is 418 g/mol. The van der Waals surface area contributed by atoms with Gasteiger partial charge in [-0.25, -0.2) is 4.79 Å². The van der Waals surface area contributed by atoms with Crippen LogP contribution in [-0.4, -0.2) is 59.2 Å². The normalized spacial score (nSPS) is 20.8. The highest BCUT2D eigenvalue weighted by atomic mass is 16.5. The Morgan fingerprint density at radius 3 is 2.10 bits per heavy atom. The summed E-state index contributed by atoms with van der Waals surface area (Å²) in [5.74, 6) is -3.42. The van der Waals surface area contributed by atoms with E-state index in [0.29, 0.717) is 24.2 Å². The first-order valence-electron chi connectivity index (χ1n) is 10.2. The second-order valence-corrected chi connectivity index (χ2v) is 7.69. The van der Waals surface area contributed by atoms with Gasteiger partial charge in [-0.2, -0.15) is 0 Å². The number of hydrogen-bond donors (Lipinski definition) is 1. The molecule has 162 valence electrons. The first-order valence-corrected chi connectivity index (χ1v) is 10.2. The number of likely N-dealkylation sites (tertiary alicyclic amines) is 1. The van der Waals surface area contributed by atoms with E-state index in [9.17, 15) is 24.0 Å². The summed E-state index contributed by atoms with van der Waals surface area (Å²) in [7, 11) is 0. The molecule has 2 unspecified atom stereocenters. The minimum atomic E-state index is -0.841. The van der Waals surface area contributed by atoms with Crippen molar-refractivity contribution in [2.45, 2.75) is 46.5 Å². The number of Topliss-reactive ketones (excluding diaryl/α,β-unsaturated/α-hetero) is 1. The Kier molecular flexibility index (Phi) is 6.38. The van der Waals surface area contributed by atoms with E-state index in [1.807, 2.05) is 0 Å². The molecule has 2 amide bonds. The number of ether oxygens (including phenoxy) is 2. The molecule has 1 aromatic rings. The van der Waals surface area contributed by atoms with E-state index in [1.54, 1.807) is 20.8 Å². The summed E-state index contributed by atoms with van der Waals surface area (Å²) in [4.78, 5) is 65.8. The molecule has 9 nitrogen and oxygen atoms in total. The van der Waals surface area contributed by atoms with Gasteiger partial charge >= 0.3 is 11.9 Å². The topological polar surface area (TPSA) is 123 Å². The van der Waals surface area contributed by atoms with Crippen molar-refractivity contribution in [3.8, 4) is 0 Å². The highest BCUT2D eigenvalue weighted by Crippen LogP contribution is 2.37. The predicted molar refractivity (Wildman–Crippen MR) is 104 cm³/mol. The molecule has 1 aliphatic heterocycles. The number of esters is 2. The Hall–Kier alpha value is -2.97. The number of carbonyl (C=O) groups is 5. The number of rotatable bonds is 7. The van der Waals surface area contributed by atoms with Crippen LogP contribution in [0.25, 0.3) is 0 Å². The van der Waals surface area contributed by atoms with E-state index in [0.717, 1.165) is 17.7 Å². The van der Waals surface area contributed by atoms with Gasteiger partial charge in [0.25, 0.3) is 0 Å². The zero-order valence-corrected chi connectivity index (χ0v) is 17.4. The standard InChI is InChI=1S/C21H26N2O7/c1-4-29-21(28)18-12(3)22-11(2)17(18)15(24)10-30-16(25)9-23-19(26)13-7-5-6-8-14(13)20(23)27/h13-14,22H,4-10H2,1-3H3. The number of aryl methyl sites for hydroxylation is 2. The number of fused-ring (bicyclic) bond motifs is 1. The number of nitrogens with one attached hydrogen (secondary N) is 1. The van der Waals surface area contributed by atoms with Crippen molar-refractivity contribution < 1.29 is 33.4 Å². The number of amides is 2. The maximum Gasteiger partial charge on any atom is 0.340 e. The van der Waals surface area contributed by atoms with Gasteiger partial charge in [-0.3, -0.25) is 24.1 Å². The van der Waals surface area contributed by atoms with Gasteiger partial charge in [0.1, 0.15) is 6.54 Å². The average Bonchev–Trinajstić information content (AvgIpc) is 3.14. The fourth-order valence-corrected chi connectivity index (χ4v) is 4.37. The summed E-state index contributed by atoms with van der Waals surface area (Å²) >= 11 is 0. The van der Waals surface area contributed by atoms with Crippen molar-refractivity contribution in [1.29, 1.82) is 0 Å². The van der Waals surface area contributed by atoms with Gasteiger partial charge in [-0.1, -0.05) is 12.8 Å². The number of aromatic amines is 1. The van der Waals surface area contributed by atoms with Crippen molar-refractivity contribution in [1.82, 2.24) is 9.88 Å². The Morgan fingerprint density at radius 1 is 0.967 bits per heavy atom. The molecule has 9 heteroatoms. The van der Waals surface area contributed by atoms with Gasteiger partial charge in [-0.05, 0) is 33.6 Å². The van der Waals surface area contributed by atoms with Crippen molar-refractivity contribution >= 4 is 29.5 Å². The zero-order valence-electron chi connectivity index (χ0n) is 17.4. The number of nitrogens with zero attached hydrogens (tertiary/aromatic N) is 1. The fraction of sp³-hybridized carbons (Fsp3) is 0.571. The van der Waals surface area contributed by atoms with E-state index in [4.69, 9.17) is 9.47 Å². The number of H-pyrrole nitrogens is 1. The van der Waals surface area contributed by atoms with E-state index >= 15 is 0 Å². The number of ketones is 1. The molecule has 2 fully saturated rings. The Labute approximate surface area is 174 Å². The monoisotopic (exact) mass is 418 g/mol. The number of hydrogen-bond acceptors (Lipinski definition) is 7. The maximum atomic E-state index is 12.6. The molecule has 0 aromatic carbocycles. The van der Waals surface area contributed by atoms with E-state index in [1.165, 1.54) is 0 Å². The van der Waals surface area contributed by atoms with Crippen molar-refractivity contribution in [2.24, 2.45) is 11.8 Å². The second-order valence-electron chi connectivity index (χ2n) is 7.69. The largest absolute Gasteiger partial charge is 0.462 e. The summed E-state index contributed by atoms with van der Waals surface area (Å²) in [6.07, 6.45) is 3.10. The third-order valence-corrected chi connectivity index (χ3v) is 5.72. The van der Waals surface area contributed by atoms with Gasteiger partial charge in [0.15, 0.2) is 6.61 Å². The lowest BCUT2D eigenvalue weighted by Crippen LogP contribution is -2.37. The molecule has 1 saturated carbocycles. The molecule has 1 aliphatic carbocycles. The summed E-state index contributed by atoms with van der Waals surface area (Å²) < 4.78 is 10.0. The van der Waals surface area contributed by atoms with Gasteiger partial charge in [0.2, 0.25) is 17.6 Å². The molecular formula is C21H26N2O7. The summed E-state index contributed by atoms with van der Waals surface area (Å²) in [6, 6.07) is 0.